The number of urea groups is 1. The molecule has 1 aliphatic rings. The third-order valence-corrected chi connectivity index (χ3v) is 3.76. The average Bonchev–Trinajstić information content (AvgIpc) is 2.82. The van der Waals surface area contributed by atoms with Crippen molar-refractivity contribution in [2.24, 2.45) is 0 Å². The summed E-state index contributed by atoms with van der Waals surface area (Å²) in [6.45, 7) is 0. The van der Waals surface area contributed by atoms with Crippen molar-refractivity contribution in [1.82, 2.24) is 0 Å². The summed E-state index contributed by atoms with van der Waals surface area (Å²) in [7, 11) is 3.34. The van der Waals surface area contributed by atoms with Gasteiger partial charge in [-0.3, -0.25) is 4.79 Å². The van der Waals surface area contributed by atoms with Gasteiger partial charge in [0.15, 0.2) is 0 Å². The minimum absolute atomic E-state index is 0.0554. The number of carbonyl (C=O) groups excluding carboxylic acids is 2. The summed E-state index contributed by atoms with van der Waals surface area (Å²) in [6, 6.07) is 12.2. The van der Waals surface area contributed by atoms with Gasteiger partial charge < -0.3 is 20.3 Å². The minimum atomic E-state index is -0.340. The van der Waals surface area contributed by atoms with Crippen LogP contribution in [0.4, 0.5) is 21.9 Å². The normalized spacial score (nSPS) is 12.8. The zero-order valence-electron chi connectivity index (χ0n) is 12.9. The number of benzene rings is 2. The monoisotopic (exact) mass is 311 g/mol. The Morgan fingerprint density at radius 2 is 1.74 bits per heavy atom. The fourth-order valence-electron chi connectivity index (χ4n) is 2.52. The predicted octanol–water partition coefficient (Wildman–Crippen LogP) is 2.86. The maximum absolute atomic E-state index is 12.0. The largest absolute Gasteiger partial charge is 0.497 e. The lowest BCUT2D eigenvalue weighted by atomic mass is 10.1. The van der Waals surface area contributed by atoms with Crippen molar-refractivity contribution >= 4 is 29.0 Å². The fraction of sp³-hybridized carbons (Fsp3) is 0.176. The summed E-state index contributed by atoms with van der Waals surface area (Å²) >= 11 is 0. The summed E-state index contributed by atoms with van der Waals surface area (Å²) in [6.07, 6.45) is 0.363. The highest BCUT2D eigenvalue weighted by molar-refractivity contribution is 6.03. The zero-order valence-corrected chi connectivity index (χ0v) is 12.9. The van der Waals surface area contributed by atoms with E-state index in [1.54, 1.807) is 49.4 Å². The van der Waals surface area contributed by atoms with E-state index >= 15 is 0 Å². The van der Waals surface area contributed by atoms with Crippen LogP contribution in [0.5, 0.6) is 5.75 Å². The molecule has 0 aromatic heterocycles. The molecule has 0 aliphatic carbocycles. The van der Waals surface area contributed by atoms with Gasteiger partial charge in [-0.05, 0) is 48.0 Å². The summed E-state index contributed by atoms with van der Waals surface area (Å²) in [5, 5.41) is 5.51. The lowest BCUT2D eigenvalue weighted by molar-refractivity contribution is -0.117. The molecule has 118 valence electrons. The van der Waals surface area contributed by atoms with Crippen LogP contribution >= 0.6 is 0 Å². The number of carbonyl (C=O) groups is 2. The van der Waals surface area contributed by atoms with E-state index in [2.05, 4.69) is 10.6 Å². The molecule has 1 heterocycles. The molecule has 0 saturated heterocycles. The lowest BCUT2D eigenvalue weighted by Crippen LogP contribution is -2.20. The van der Waals surface area contributed by atoms with Crippen molar-refractivity contribution in [3.63, 3.8) is 0 Å². The zero-order chi connectivity index (χ0) is 16.4. The third-order valence-electron chi connectivity index (χ3n) is 3.76. The highest BCUT2D eigenvalue weighted by Gasteiger charge is 2.23. The van der Waals surface area contributed by atoms with E-state index in [4.69, 9.17) is 4.74 Å². The van der Waals surface area contributed by atoms with E-state index in [0.717, 1.165) is 17.0 Å². The van der Waals surface area contributed by atoms with Crippen LogP contribution in [-0.4, -0.2) is 26.1 Å². The summed E-state index contributed by atoms with van der Waals surface area (Å²) < 4.78 is 5.07. The van der Waals surface area contributed by atoms with E-state index in [1.165, 1.54) is 0 Å². The van der Waals surface area contributed by atoms with Gasteiger partial charge in [0.25, 0.3) is 0 Å². The molecule has 0 saturated carbocycles. The van der Waals surface area contributed by atoms with Crippen LogP contribution in [0.3, 0.4) is 0 Å². The van der Waals surface area contributed by atoms with Crippen LogP contribution < -0.4 is 20.3 Å². The van der Waals surface area contributed by atoms with E-state index in [9.17, 15) is 9.59 Å². The molecule has 2 aromatic rings. The number of hydrogen-bond acceptors (Lipinski definition) is 3. The number of ether oxygens (including phenoxy) is 1. The van der Waals surface area contributed by atoms with Crippen LogP contribution in [0.2, 0.25) is 0 Å². The second kappa shape index (κ2) is 6.00. The first-order valence-electron chi connectivity index (χ1n) is 7.18. The van der Waals surface area contributed by atoms with Crippen LogP contribution in [0, 0.1) is 0 Å². The summed E-state index contributed by atoms with van der Waals surface area (Å²) in [4.78, 5) is 25.3. The van der Waals surface area contributed by atoms with E-state index in [0.29, 0.717) is 17.8 Å². The molecular formula is C17H17N3O3. The first-order valence-corrected chi connectivity index (χ1v) is 7.18. The smallest absolute Gasteiger partial charge is 0.323 e. The maximum Gasteiger partial charge on any atom is 0.323 e. The van der Waals surface area contributed by atoms with E-state index < -0.39 is 0 Å². The molecule has 2 N–H and O–H groups in total. The molecule has 3 rings (SSSR count). The van der Waals surface area contributed by atoms with Crippen LogP contribution in [0.1, 0.15) is 5.56 Å². The molecule has 23 heavy (non-hydrogen) atoms. The van der Waals surface area contributed by atoms with Crippen LogP contribution in [-0.2, 0) is 11.2 Å². The minimum Gasteiger partial charge on any atom is -0.497 e. The highest BCUT2D eigenvalue weighted by atomic mass is 16.5. The first-order chi connectivity index (χ1) is 11.1. The number of likely N-dealkylation sites (N-methyl/N-ethyl adjacent to an activating group) is 1. The molecule has 0 radical (unpaired) electrons. The first kappa shape index (κ1) is 14.9. The Balaban J connectivity index is 1.66. The number of methoxy groups -OCH3 is 1. The van der Waals surface area contributed by atoms with Gasteiger partial charge in [-0.25, -0.2) is 4.79 Å². The predicted molar refractivity (Wildman–Crippen MR) is 89.2 cm³/mol. The third kappa shape index (κ3) is 3.11. The molecule has 0 spiro atoms. The molecule has 3 amide bonds. The Hall–Kier alpha value is -3.02. The van der Waals surface area contributed by atoms with Crippen molar-refractivity contribution in [2.75, 3.05) is 29.7 Å². The molecule has 1 aliphatic heterocycles. The second-order valence-electron chi connectivity index (χ2n) is 5.28. The molecule has 6 heteroatoms. The van der Waals surface area contributed by atoms with Crippen molar-refractivity contribution < 1.29 is 14.3 Å². The molecular weight excluding hydrogens is 294 g/mol. The second-order valence-corrected chi connectivity index (χ2v) is 5.28. The Labute approximate surface area is 134 Å². The molecule has 0 unspecified atom stereocenters. The van der Waals surface area contributed by atoms with Crippen molar-refractivity contribution in [1.29, 1.82) is 0 Å². The van der Waals surface area contributed by atoms with E-state index in [-0.39, 0.29) is 11.9 Å². The summed E-state index contributed by atoms with van der Waals surface area (Å²) in [5.41, 5.74) is 3.12. The van der Waals surface area contributed by atoms with Crippen molar-refractivity contribution in [2.45, 2.75) is 6.42 Å². The van der Waals surface area contributed by atoms with Gasteiger partial charge >= 0.3 is 6.03 Å². The van der Waals surface area contributed by atoms with Crippen molar-refractivity contribution in [3.8, 4) is 5.75 Å². The van der Waals surface area contributed by atoms with Gasteiger partial charge in [0.1, 0.15) is 5.75 Å². The van der Waals surface area contributed by atoms with Gasteiger partial charge in [0, 0.05) is 24.1 Å². The van der Waals surface area contributed by atoms with Gasteiger partial charge in [0.05, 0.1) is 13.5 Å². The van der Waals surface area contributed by atoms with Crippen molar-refractivity contribution in [3.05, 3.63) is 48.0 Å². The molecule has 0 bridgehead atoms. The SMILES string of the molecule is COc1ccc(NC(=O)Nc2ccc3c(c2)CC(=O)N3C)cc1. The number of anilines is 3. The number of hydrogen-bond donors (Lipinski definition) is 2. The van der Waals surface area contributed by atoms with E-state index in [1.807, 2.05) is 12.1 Å². The Morgan fingerprint density at radius 1 is 1.09 bits per heavy atom. The lowest BCUT2D eigenvalue weighted by Gasteiger charge is -2.12. The number of rotatable bonds is 3. The van der Waals surface area contributed by atoms with Gasteiger partial charge in [0.2, 0.25) is 5.91 Å². The number of amides is 3. The molecule has 0 fully saturated rings. The quantitative estimate of drug-likeness (QED) is 0.915. The van der Waals surface area contributed by atoms with Gasteiger partial charge in [-0.2, -0.15) is 0 Å². The molecule has 2 aromatic carbocycles. The maximum atomic E-state index is 12.0. The standard InChI is InChI=1S/C17H17N3O3/c1-20-15-8-5-13(9-11(15)10-16(20)21)19-17(22)18-12-3-6-14(23-2)7-4-12/h3-9H,10H2,1-2H3,(H2,18,19,22). The van der Waals surface area contributed by atoms with Gasteiger partial charge in [-0.1, -0.05) is 0 Å². The number of nitrogens with one attached hydrogen (secondary N) is 2. The fourth-order valence-corrected chi connectivity index (χ4v) is 2.52. The van der Waals surface area contributed by atoms with Crippen LogP contribution in [0.25, 0.3) is 0 Å². The topological polar surface area (TPSA) is 70.7 Å². The Bertz CT molecular complexity index is 756. The molecule has 0 atom stereocenters. The molecule has 6 nitrogen and oxygen atoms in total. The summed E-state index contributed by atoms with van der Waals surface area (Å²) in [5.74, 6) is 0.781. The Morgan fingerprint density at radius 3 is 2.43 bits per heavy atom. The number of fused-ring (bicyclic) bond motifs is 1. The van der Waals surface area contributed by atoms with Crippen LogP contribution in [0.15, 0.2) is 42.5 Å². The highest BCUT2D eigenvalue weighted by Crippen LogP contribution is 2.30. The number of nitrogens with zero attached hydrogens (tertiary/aromatic N) is 1. The van der Waals surface area contributed by atoms with Gasteiger partial charge in [-0.15, -0.1) is 0 Å². The average molecular weight is 311 g/mol. The Kier molecular flexibility index (Phi) is 3.89.